The second kappa shape index (κ2) is 10.4. The first-order chi connectivity index (χ1) is 13.4. The van der Waals surface area contributed by atoms with Crippen LogP contribution in [0.2, 0.25) is 0 Å². The SMILES string of the molecule is CCCCCC(=O)Nc1ccc(N(C)C)c(C(=O)NCc2ccc(F)cc2)c1. The Kier molecular flexibility index (Phi) is 7.99. The van der Waals surface area contributed by atoms with Gasteiger partial charge in [-0.05, 0) is 42.3 Å². The minimum absolute atomic E-state index is 0.0521. The van der Waals surface area contributed by atoms with E-state index in [2.05, 4.69) is 17.6 Å². The summed E-state index contributed by atoms with van der Waals surface area (Å²) in [5, 5.41) is 5.71. The van der Waals surface area contributed by atoms with E-state index < -0.39 is 0 Å². The number of halogens is 1. The van der Waals surface area contributed by atoms with Crippen LogP contribution in [0.1, 0.15) is 48.5 Å². The summed E-state index contributed by atoms with van der Waals surface area (Å²) < 4.78 is 13.0. The highest BCUT2D eigenvalue weighted by atomic mass is 19.1. The smallest absolute Gasteiger partial charge is 0.253 e. The van der Waals surface area contributed by atoms with Crippen molar-refractivity contribution in [3.05, 3.63) is 59.4 Å². The van der Waals surface area contributed by atoms with Gasteiger partial charge in [0.1, 0.15) is 5.82 Å². The van der Waals surface area contributed by atoms with Gasteiger partial charge in [-0.2, -0.15) is 0 Å². The maximum Gasteiger partial charge on any atom is 0.253 e. The number of hydrogen-bond donors (Lipinski definition) is 2. The quantitative estimate of drug-likeness (QED) is 0.631. The van der Waals surface area contributed by atoms with Crippen LogP contribution in [0.3, 0.4) is 0 Å². The molecule has 0 radical (unpaired) electrons. The molecule has 0 aromatic heterocycles. The van der Waals surface area contributed by atoms with E-state index in [1.165, 1.54) is 12.1 Å². The molecule has 2 aromatic rings. The molecule has 0 heterocycles. The van der Waals surface area contributed by atoms with Crippen molar-refractivity contribution < 1.29 is 14.0 Å². The fraction of sp³-hybridized carbons (Fsp3) is 0.364. The lowest BCUT2D eigenvalue weighted by Gasteiger charge is -2.18. The molecular weight excluding hydrogens is 357 g/mol. The Morgan fingerprint density at radius 2 is 1.75 bits per heavy atom. The molecule has 0 saturated carbocycles. The molecule has 150 valence electrons. The molecule has 0 atom stereocenters. The molecule has 0 bridgehead atoms. The van der Waals surface area contributed by atoms with Crippen molar-refractivity contribution in [2.24, 2.45) is 0 Å². The highest BCUT2D eigenvalue weighted by Gasteiger charge is 2.15. The summed E-state index contributed by atoms with van der Waals surface area (Å²) in [4.78, 5) is 26.7. The van der Waals surface area contributed by atoms with E-state index in [0.717, 1.165) is 30.5 Å². The Bertz CT molecular complexity index is 804. The van der Waals surface area contributed by atoms with Crippen molar-refractivity contribution in [3.8, 4) is 0 Å². The standard InChI is InChI=1S/C22H28FN3O2/c1-4-5-6-7-21(27)25-18-12-13-20(26(2)3)19(14-18)22(28)24-15-16-8-10-17(23)11-9-16/h8-14H,4-7,15H2,1-3H3,(H,24,28)(H,25,27). The van der Waals surface area contributed by atoms with Gasteiger partial charge in [0.15, 0.2) is 0 Å². The second-order valence-electron chi connectivity index (χ2n) is 6.94. The highest BCUT2D eigenvalue weighted by Crippen LogP contribution is 2.23. The molecular formula is C22H28FN3O2. The Morgan fingerprint density at radius 3 is 2.39 bits per heavy atom. The summed E-state index contributed by atoms with van der Waals surface area (Å²) in [5.74, 6) is -0.619. The number of nitrogens with zero attached hydrogens (tertiary/aromatic N) is 1. The normalized spacial score (nSPS) is 10.4. The van der Waals surface area contributed by atoms with Crippen molar-refractivity contribution in [1.82, 2.24) is 5.32 Å². The number of rotatable bonds is 9. The number of anilines is 2. The van der Waals surface area contributed by atoms with Crippen molar-refractivity contribution in [1.29, 1.82) is 0 Å². The van der Waals surface area contributed by atoms with Crippen LogP contribution in [0.5, 0.6) is 0 Å². The molecule has 2 amide bonds. The van der Waals surface area contributed by atoms with Crippen LogP contribution in [0, 0.1) is 5.82 Å². The monoisotopic (exact) mass is 385 g/mol. The zero-order valence-corrected chi connectivity index (χ0v) is 16.7. The van der Waals surface area contributed by atoms with Crippen molar-refractivity contribution in [3.63, 3.8) is 0 Å². The van der Waals surface area contributed by atoms with Gasteiger partial charge < -0.3 is 15.5 Å². The van der Waals surface area contributed by atoms with E-state index >= 15 is 0 Å². The first-order valence-electron chi connectivity index (χ1n) is 9.54. The Morgan fingerprint density at radius 1 is 1.04 bits per heavy atom. The molecule has 0 spiro atoms. The minimum Gasteiger partial charge on any atom is -0.377 e. The number of hydrogen-bond acceptors (Lipinski definition) is 3. The fourth-order valence-electron chi connectivity index (χ4n) is 2.82. The lowest BCUT2D eigenvalue weighted by Crippen LogP contribution is -2.25. The Balaban J connectivity index is 2.09. The maximum atomic E-state index is 13.0. The first kappa shape index (κ1) is 21.4. The molecule has 28 heavy (non-hydrogen) atoms. The Hall–Kier alpha value is -2.89. The van der Waals surface area contributed by atoms with Gasteiger partial charge in [-0.15, -0.1) is 0 Å². The van der Waals surface area contributed by atoms with Crippen LogP contribution in [0.25, 0.3) is 0 Å². The van der Waals surface area contributed by atoms with Gasteiger partial charge in [-0.25, -0.2) is 4.39 Å². The Labute approximate surface area is 165 Å². The van der Waals surface area contributed by atoms with Gasteiger partial charge in [0.05, 0.1) is 5.56 Å². The topological polar surface area (TPSA) is 61.4 Å². The fourth-order valence-corrected chi connectivity index (χ4v) is 2.82. The summed E-state index contributed by atoms with van der Waals surface area (Å²) in [6.45, 7) is 2.38. The molecule has 5 nitrogen and oxygen atoms in total. The number of benzene rings is 2. The van der Waals surface area contributed by atoms with Gasteiger partial charge in [0.2, 0.25) is 5.91 Å². The van der Waals surface area contributed by atoms with Crippen LogP contribution in [-0.2, 0) is 11.3 Å². The molecule has 0 aliphatic heterocycles. The van der Waals surface area contributed by atoms with E-state index in [1.807, 2.05) is 25.1 Å². The largest absolute Gasteiger partial charge is 0.377 e. The van der Waals surface area contributed by atoms with E-state index in [4.69, 9.17) is 0 Å². The predicted octanol–water partition coefficient (Wildman–Crippen LogP) is 4.34. The zero-order chi connectivity index (χ0) is 20.5. The highest BCUT2D eigenvalue weighted by molar-refractivity contribution is 6.02. The third-order valence-corrected chi connectivity index (χ3v) is 4.38. The maximum absolute atomic E-state index is 13.0. The van der Waals surface area contributed by atoms with Crippen molar-refractivity contribution >= 4 is 23.2 Å². The van der Waals surface area contributed by atoms with Gasteiger partial charge in [-0.1, -0.05) is 31.9 Å². The first-order valence-corrected chi connectivity index (χ1v) is 9.54. The zero-order valence-electron chi connectivity index (χ0n) is 16.7. The van der Waals surface area contributed by atoms with Crippen LogP contribution in [0.15, 0.2) is 42.5 Å². The van der Waals surface area contributed by atoms with Gasteiger partial charge in [0.25, 0.3) is 5.91 Å². The summed E-state index contributed by atoms with van der Waals surface area (Å²) in [6.07, 6.45) is 3.39. The average molecular weight is 385 g/mol. The summed E-state index contributed by atoms with van der Waals surface area (Å²) in [5.41, 5.74) is 2.62. The molecule has 0 fully saturated rings. The van der Waals surface area contributed by atoms with E-state index in [0.29, 0.717) is 24.2 Å². The number of unbranched alkanes of at least 4 members (excludes halogenated alkanes) is 2. The summed E-state index contributed by atoms with van der Waals surface area (Å²) in [7, 11) is 3.71. The van der Waals surface area contributed by atoms with E-state index in [1.54, 1.807) is 24.3 Å². The molecule has 0 unspecified atom stereocenters. The third-order valence-electron chi connectivity index (χ3n) is 4.38. The summed E-state index contributed by atoms with van der Waals surface area (Å²) >= 11 is 0. The van der Waals surface area contributed by atoms with Crippen molar-refractivity contribution in [2.45, 2.75) is 39.2 Å². The van der Waals surface area contributed by atoms with Crippen LogP contribution in [0.4, 0.5) is 15.8 Å². The number of nitrogens with one attached hydrogen (secondary N) is 2. The molecule has 0 aliphatic rings. The third kappa shape index (κ3) is 6.37. The molecule has 2 rings (SSSR count). The van der Waals surface area contributed by atoms with Crippen LogP contribution < -0.4 is 15.5 Å². The number of carbonyl (C=O) groups excluding carboxylic acids is 2. The van der Waals surface area contributed by atoms with Crippen molar-refractivity contribution in [2.75, 3.05) is 24.3 Å². The van der Waals surface area contributed by atoms with Gasteiger partial charge >= 0.3 is 0 Å². The predicted molar refractivity (Wildman–Crippen MR) is 111 cm³/mol. The van der Waals surface area contributed by atoms with Gasteiger partial charge in [0, 0.05) is 38.4 Å². The second-order valence-corrected chi connectivity index (χ2v) is 6.94. The lowest BCUT2D eigenvalue weighted by molar-refractivity contribution is -0.116. The number of amides is 2. The molecule has 2 N–H and O–H groups in total. The molecule has 0 aliphatic carbocycles. The molecule has 0 saturated heterocycles. The average Bonchev–Trinajstić information content (AvgIpc) is 2.67. The summed E-state index contributed by atoms with van der Waals surface area (Å²) in [6, 6.07) is 11.3. The molecule has 2 aromatic carbocycles. The van der Waals surface area contributed by atoms with Crippen LogP contribution in [-0.4, -0.2) is 25.9 Å². The van der Waals surface area contributed by atoms with Crippen LogP contribution >= 0.6 is 0 Å². The minimum atomic E-state index is -0.313. The number of carbonyl (C=O) groups is 2. The lowest BCUT2D eigenvalue weighted by atomic mass is 10.1. The van der Waals surface area contributed by atoms with Gasteiger partial charge in [-0.3, -0.25) is 9.59 Å². The van der Waals surface area contributed by atoms with E-state index in [-0.39, 0.29) is 17.6 Å². The van der Waals surface area contributed by atoms with E-state index in [9.17, 15) is 14.0 Å². The molecule has 6 heteroatoms.